The van der Waals surface area contributed by atoms with Crippen LogP contribution in [0, 0.1) is 3.57 Å². The lowest BCUT2D eigenvalue weighted by atomic mass is 10.0. The van der Waals surface area contributed by atoms with Crippen LogP contribution in [0.4, 0.5) is 0 Å². The fourth-order valence-electron chi connectivity index (χ4n) is 1.68. The molecule has 1 atom stereocenters. The van der Waals surface area contributed by atoms with Crippen LogP contribution in [0.2, 0.25) is 4.34 Å². The molecule has 1 aromatic carbocycles. The first-order valence-electron chi connectivity index (χ1n) is 5.15. The highest BCUT2D eigenvalue weighted by Gasteiger charge is 2.14. The number of nitrogens with two attached hydrogens (primary N) is 1. The van der Waals surface area contributed by atoms with Crippen molar-refractivity contribution in [2.45, 2.75) is 12.5 Å². The third kappa shape index (κ3) is 3.42. The zero-order chi connectivity index (χ0) is 12.3. The minimum absolute atomic E-state index is 0.123. The van der Waals surface area contributed by atoms with Crippen LogP contribution in [-0.4, -0.2) is 0 Å². The number of benzene rings is 1. The summed E-state index contributed by atoms with van der Waals surface area (Å²) in [6, 6.07) is 12.3. The van der Waals surface area contributed by atoms with E-state index in [0.29, 0.717) is 0 Å². The van der Waals surface area contributed by atoms with Crippen molar-refractivity contribution >= 4 is 45.5 Å². The Morgan fingerprint density at radius 1 is 1.29 bits per heavy atom. The van der Waals surface area contributed by atoms with Gasteiger partial charge in [0.15, 0.2) is 0 Å². The summed E-state index contributed by atoms with van der Waals surface area (Å²) < 4.78 is 2.04. The normalized spacial score (nSPS) is 12.6. The molecular formula is C12H12ClIN2S. The second-order valence-electron chi connectivity index (χ2n) is 3.65. The number of rotatable bonds is 4. The van der Waals surface area contributed by atoms with Gasteiger partial charge >= 0.3 is 0 Å². The molecule has 0 saturated carbocycles. The van der Waals surface area contributed by atoms with E-state index in [-0.39, 0.29) is 6.04 Å². The number of hydrazine groups is 1. The number of hydrogen-bond donors (Lipinski definition) is 2. The van der Waals surface area contributed by atoms with Gasteiger partial charge in [0.1, 0.15) is 0 Å². The third-order valence-electron chi connectivity index (χ3n) is 2.52. The van der Waals surface area contributed by atoms with Crippen molar-refractivity contribution in [2.24, 2.45) is 5.84 Å². The smallest absolute Gasteiger partial charge is 0.0931 e. The van der Waals surface area contributed by atoms with Gasteiger partial charge < -0.3 is 0 Å². The summed E-state index contributed by atoms with van der Waals surface area (Å²) in [7, 11) is 0. The molecule has 0 radical (unpaired) electrons. The van der Waals surface area contributed by atoms with Crippen LogP contribution in [0.15, 0.2) is 36.4 Å². The summed E-state index contributed by atoms with van der Waals surface area (Å²) in [5.41, 5.74) is 4.10. The lowest BCUT2D eigenvalue weighted by Crippen LogP contribution is -2.29. The Kier molecular flexibility index (Phi) is 4.81. The van der Waals surface area contributed by atoms with E-state index in [1.165, 1.54) is 14.0 Å². The van der Waals surface area contributed by atoms with E-state index < -0.39 is 0 Å². The zero-order valence-corrected chi connectivity index (χ0v) is 12.7. The van der Waals surface area contributed by atoms with Crippen LogP contribution < -0.4 is 11.3 Å². The van der Waals surface area contributed by atoms with Crippen molar-refractivity contribution in [3.05, 3.63) is 54.7 Å². The average Bonchev–Trinajstić information content (AvgIpc) is 2.73. The summed E-state index contributed by atoms with van der Waals surface area (Å²) in [5.74, 6) is 5.65. The predicted octanol–water partition coefficient (Wildman–Crippen LogP) is 3.75. The molecule has 1 heterocycles. The molecule has 2 nitrogen and oxygen atoms in total. The van der Waals surface area contributed by atoms with Crippen LogP contribution in [0.25, 0.3) is 0 Å². The Labute approximate surface area is 123 Å². The molecule has 1 unspecified atom stereocenters. The van der Waals surface area contributed by atoms with Crippen molar-refractivity contribution in [1.29, 1.82) is 0 Å². The molecule has 17 heavy (non-hydrogen) atoms. The number of thiophene rings is 1. The van der Waals surface area contributed by atoms with E-state index in [2.05, 4.69) is 40.1 Å². The second-order valence-corrected chi connectivity index (χ2v) is 6.61. The monoisotopic (exact) mass is 378 g/mol. The first kappa shape index (κ1) is 13.3. The number of halogens is 2. The molecule has 0 saturated heterocycles. The summed E-state index contributed by atoms with van der Waals surface area (Å²) in [6.07, 6.45) is 0.855. The third-order valence-corrected chi connectivity index (χ3v) is 4.75. The van der Waals surface area contributed by atoms with Crippen molar-refractivity contribution in [2.75, 3.05) is 0 Å². The van der Waals surface area contributed by atoms with Crippen LogP contribution in [-0.2, 0) is 6.42 Å². The summed E-state index contributed by atoms with van der Waals surface area (Å²) in [4.78, 5) is 1.23. The Balaban J connectivity index is 2.20. The van der Waals surface area contributed by atoms with Gasteiger partial charge in [-0.25, -0.2) is 0 Å². The minimum Gasteiger partial charge on any atom is -0.271 e. The quantitative estimate of drug-likeness (QED) is 0.483. The molecule has 0 aliphatic carbocycles. The molecule has 0 amide bonds. The Bertz CT molecular complexity index is 501. The predicted molar refractivity (Wildman–Crippen MR) is 82.3 cm³/mol. The zero-order valence-electron chi connectivity index (χ0n) is 8.99. The van der Waals surface area contributed by atoms with Crippen LogP contribution >= 0.6 is 45.5 Å². The van der Waals surface area contributed by atoms with E-state index in [0.717, 1.165) is 10.8 Å². The SMILES string of the molecule is NNC(Cc1ccc(Cl)s1)c1ccccc1I. The molecule has 0 fully saturated rings. The van der Waals surface area contributed by atoms with Gasteiger partial charge in [0.05, 0.1) is 10.4 Å². The van der Waals surface area contributed by atoms with Gasteiger partial charge in [0, 0.05) is 14.9 Å². The molecular weight excluding hydrogens is 367 g/mol. The molecule has 0 aliphatic rings. The molecule has 2 aromatic rings. The highest BCUT2D eigenvalue weighted by Crippen LogP contribution is 2.28. The molecule has 0 aliphatic heterocycles. The fourth-order valence-corrected chi connectivity index (χ4v) is 3.58. The van der Waals surface area contributed by atoms with Crippen molar-refractivity contribution in [3.8, 4) is 0 Å². The molecule has 1 aromatic heterocycles. The molecule has 0 spiro atoms. The molecule has 0 bridgehead atoms. The van der Waals surface area contributed by atoms with Gasteiger partial charge in [-0.05, 0) is 46.4 Å². The average molecular weight is 379 g/mol. The van der Waals surface area contributed by atoms with E-state index in [4.69, 9.17) is 17.4 Å². The lowest BCUT2D eigenvalue weighted by Gasteiger charge is -2.16. The molecule has 90 valence electrons. The summed E-state index contributed by atoms with van der Waals surface area (Å²) in [5, 5.41) is 0. The van der Waals surface area contributed by atoms with Gasteiger partial charge in [-0.1, -0.05) is 29.8 Å². The van der Waals surface area contributed by atoms with Crippen molar-refractivity contribution in [3.63, 3.8) is 0 Å². The van der Waals surface area contributed by atoms with Gasteiger partial charge in [-0.2, -0.15) is 0 Å². The van der Waals surface area contributed by atoms with Gasteiger partial charge in [-0.3, -0.25) is 11.3 Å². The van der Waals surface area contributed by atoms with Crippen LogP contribution in [0.3, 0.4) is 0 Å². The Morgan fingerprint density at radius 3 is 2.65 bits per heavy atom. The highest BCUT2D eigenvalue weighted by molar-refractivity contribution is 14.1. The minimum atomic E-state index is 0.123. The van der Waals surface area contributed by atoms with Gasteiger partial charge in [-0.15, -0.1) is 11.3 Å². The van der Waals surface area contributed by atoms with Gasteiger partial charge in [0.25, 0.3) is 0 Å². The van der Waals surface area contributed by atoms with Crippen LogP contribution in [0.5, 0.6) is 0 Å². The van der Waals surface area contributed by atoms with Crippen LogP contribution in [0.1, 0.15) is 16.5 Å². The second kappa shape index (κ2) is 6.15. The van der Waals surface area contributed by atoms with Crippen molar-refractivity contribution < 1.29 is 0 Å². The maximum absolute atomic E-state index is 5.93. The van der Waals surface area contributed by atoms with E-state index in [1.54, 1.807) is 11.3 Å². The maximum Gasteiger partial charge on any atom is 0.0931 e. The lowest BCUT2D eigenvalue weighted by molar-refractivity contribution is 0.553. The van der Waals surface area contributed by atoms with Gasteiger partial charge in [0.2, 0.25) is 0 Å². The molecule has 3 N–H and O–H groups in total. The molecule has 2 rings (SSSR count). The summed E-state index contributed by atoms with van der Waals surface area (Å²) in [6.45, 7) is 0. The topological polar surface area (TPSA) is 38.0 Å². The standard InChI is InChI=1S/C12H12ClIN2S/c13-12-6-5-8(17-12)7-11(16-15)9-3-1-2-4-10(9)14/h1-6,11,16H,7,15H2. The number of hydrogen-bond acceptors (Lipinski definition) is 3. The summed E-state index contributed by atoms with van der Waals surface area (Å²) >= 11 is 9.86. The van der Waals surface area contributed by atoms with E-state index in [9.17, 15) is 0 Å². The first-order valence-corrected chi connectivity index (χ1v) is 7.43. The fraction of sp³-hybridized carbons (Fsp3) is 0.167. The first-order chi connectivity index (χ1) is 8.20. The Hall–Kier alpha value is -0.140. The molecule has 5 heteroatoms. The van der Waals surface area contributed by atoms with E-state index in [1.807, 2.05) is 24.3 Å². The Morgan fingerprint density at radius 2 is 2.06 bits per heavy atom. The highest BCUT2D eigenvalue weighted by atomic mass is 127. The number of nitrogens with one attached hydrogen (secondary N) is 1. The van der Waals surface area contributed by atoms with Crippen molar-refractivity contribution in [1.82, 2.24) is 5.43 Å². The largest absolute Gasteiger partial charge is 0.271 e. The maximum atomic E-state index is 5.93. The van der Waals surface area contributed by atoms with E-state index >= 15 is 0 Å².